The third-order valence-corrected chi connectivity index (χ3v) is 5.05. The van der Waals surface area contributed by atoms with E-state index in [1.165, 1.54) is 25.5 Å². The Morgan fingerprint density at radius 3 is 2.55 bits per heavy atom. The van der Waals surface area contributed by atoms with Gasteiger partial charge in [-0.05, 0) is 60.2 Å². The predicted molar refractivity (Wildman–Crippen MR) is 124 cm³/mol. The van der Waals surface area contributed by atoms with Crippen molar-refractivity contribution in [3.8, 4) is 11.5 Å². The summed E-state index contributed by atoms with van der Waals surface area (Å²) in [5, 5.41) is 4.54. The van der Waals surface area contributed by atoms with E-state index in [9.17, 15) is 9.59 Å². The van der Waals surface area contributed by atoms with Gasteiger partial charge in [0.05, 0.1) is 23.9 Å². The molecule has 9 heteroatoms. The molecule has 0 aliphatic heterocycles. The number of ether oxygens (including phenoxy) is 2. The number of amides is 1. The number of esters is 1. The molecule has 6 nitrogen and oxygen atoms in total. The highest BCUT2D eigenvalue weighted by Gasteiger charge is 2.16. The fourth-order valence-electron chi connectivity index (χ4n) is 2.52. The molecular formula is C22H15BrCl2N2O4. The van der Waals surface area contributed by atoms with E-state index in [0.717, 1.165) is 4.47 Å². The number of halogens is 3. The summed E-state index contributed by atoms with van der Waals surface area (Å²) in [5.41, 5.74) is 3.71. The standard InChI is InChI=1S/C22H15BrCl2N2O4/c1-30-20-9-13(12-26-27-21(28)14-3-2-4-15(23)10-14)5-8-19(20)31-22(29)17-7-6-16(24)11-18(17)25/h2-12H,1H3,(H,27,28)/b26-12+. The molecule has 1 N–H and O–H groups in total. The molecule has 0 saturated heterocycles. The molecule has 3 aromatic carbocycles. The molecule has 0 aliphatic rings. The van der Waals surface area contributed by atoms with Gasteiger partial charge in [-0.15, -0.1) is 0 Å². The Morgan fingerprint density at radius 2 is 1.84 bits per heavy atom. The molecule has 0 unspecified atom stereocenters. The zero-order valence-corrected chi connectivity index (χ0v) is 19.2. The van der Waals surface area contributed by atoms with Crippen molar-refractivity contribution in [2.45, 2.75) is 0 Å². The fraction of sp³-hybridized carbons (Fsp3) is 0.0455. The summed E-state index contributed by atoms with van der Waals surface area (Å²) in [6.07, 6.45) is 1.44. The Hall–Kier alpha value is -2.87. The van der Waals surface area contributed by atoms with Crippen molar-refractivity contribution in [1.29, 1.82) is 0 Å². The second kappa shape index (κ2) is 10.4. The minimum atomic E-state index is -0.650. The van der Waals surface area contributed by atoms with Crippen LogP contribution in [0.3, 0.4) is 0 Å². The minimum absolute atomic E-state index is 0.175. The Bertz CT molecular complexity index is 1170. The lowest BCUT2D eigenvalue weighted by Gasteiger charge is -2.10. The highest BCUT2D eigenvalue weighted by molar-refractivity contribution is 9.10. The van der Waals surface area contributed by atoms with E-state index < -0.39 is 5.97 Å². The lowest BCUT2D eigenvalue weighted by molar-refractivity contribution is 0.0729. The molecule has 0 radical (unpaired) electrons. The molecule has 0 aliphatic carbocycles. The van der Waals surface area contributed by atoms with Crippen LogP contribution in [0.25, 0.3) is 0 Å². The summed E-state index contributed by atoms with van der Waals surface area (Å²) in [4.78, 5) is 24.5. The number of methoxy groups -OCH3 is 1. The number of hydrogen-bond acceptors (Lipinski definition) is 5. The highest BCUT2D eigenvalue weighted by atomic mass is 79.9. The Balaban J connectivity index is 1.70. The highest BCUT2D eigenvalue weighted by Crippen LogP contribution is 2.30. The molecule has 0 saturated carbocycles. The first kappa shape index (κ1) is 22.8. The van der Waals surface area contributed by atoms with Gasteiger partial charge >= 0.3 is 5.97 Å². The molecule has 0 fully saturated rings. The number of hydrogen-bond donors (Lipinski definition) is 1. The lowest BCUT2D eigenvalue weighted by Crippen LogP contribution is -2.17. The van der Waals surface area contributed by atoms with Crippen LogP contribution >= 0.6 is 39.1 Å². The summed E-state index contributed by atoms with van der Waals surface area (Å²) in [6.45, 7) is 0. The summed E-state index contributed by atoms with van der Waals surface area (Å²) >= 11 is 15.2. The number of carbonyl (C=O) groups is 2. The van der Waals surface area contributed by atoms with Gasteiger partial charge in [0, 0.05) is 15.1 Å². The maximum absolute atomic E-state index is 12.4. The van der Waals surface area contributed by atoms with Crippen molar-refractivity contribution in [2.75, 3.05) is 7.11 Å². The fourth-order valence-corrected chi connectivity index (χ4v) is 3.40. The number of nitrogens with zero attached hydrogens (tertiary/aromatic N) is 1. The van der Waals surface area contributed by atoms with Crippen LogP contribution in [0.15, 0.2) is 70.2 Å². The summed E-state index contributed by atoms with van der Waals surface area (Å²) in [5.74, 6) is -0.493. The molecule has 158 valence electrons. The van der Waals surface area contributed by atoms with Crippen LogP contribution < -0.4 is 14.9 Å². The molecule has 31 heavy (non-hydrogen) atoms. The van der Waals surface area contributed by atoms with E-state index in [2.05, 4.69) is 26.5 Å². The third kappa shape index (κ3) is 6.07. The van der Waals surface area contributed by atoms with Crippen LogP contribution in [-0.4, -0.2) is 25.2 Å². The number of nitrogens with one attached hydrogen (secondary N) is 1. The van der Waals surface area contributed by atoms with Crippen LogP contribution in [0, 0.1) is 0 Å². The van der Waals surface area contributed by atoms with Gasteiger partial charge in [0.2, 0.25) is 0 Å². The van der Waals surface area contributed by atoms with Crippen molar-refractivity contribution in [1.82, 2.24) is 5.43 Å². The molecular weight excluding hydrogens is 507 g/mol. The number of hydrazone groups is 1. The van der Waals surface area contributed by atoms with Gasteiger partial charge < -0.3 is 9.47 Å². The molecule has 0 bridgehead atoms. The molecule has 0 spiro atoms. The van der Waals surface area contributed by atoms with Crippen molar-refractivity contribution in [2.24, 2.45) is 5.10 Å². The van der Waals surface area contributed by atoms with Gasteiger partial charge in [0.25, 0.3) is 5.91 Å². The van der Waals surface area contributed by atoms with Crippen molar-refractivity contribution < 1.29 is 19.1 Å². The first-order valence-electron chi connectivity index (χ1n) is 8.81. The second-order valence-corrected chi connectivity index (χ2v) is 7.89. The van der Waals surface area contributed by atoms with Gasteiger partial charge in [-0.2, -0.15) is 5.10 Å². The minimum Gasteiger partial charge on any atom is -0.493 e. The maximum atomic E-state index is 12.4. The first-order valence-corrected chi connectivity index (χ1v) is 10.4. The second-order valence-electron chi connectivity index (χ2n) is 6.13. The van der Waals surface area contributed by atoms with Gasteiger partial charge in [0.1, 0.15) is 0 Å². The topological polar surface area (TPSA) is 77.0 Å². The third-order valence-electron chi connectivity index (χ3n) is 4.01. The smallest absolute Gasteiger partial charge is 0.345 e. The zero-order valence-electron chi connectivity index (χ0n) is 16.1. The number of rotatable bonds is 6. The first-order chi connectivity index (χ1) is 14.9. The van der Waals surface area contributed by atoms with E-state index in [0.29, 0.717) is 21.9 Å². The van der Waals surface area contributed by atoms with E-state index in [-0.39, 0.29) is 22.2 Å². The van der Waals surface area contributed by atoms with E-state index in [1.54, 1.807) is 42.5 Å². The van der Waals surface area contributed by atoms with Gasteiger partial charge in [-0.1, -0.05) is 45.2 Å². The monoisotopic (exact) mass is 520 g/mol. The van der Waals surface area contributed by atoms with Crippen molar-refractivity contribution >= 4 is 57.2 Å². The lowest BCUT2D eigenvalue weighted by atomic mass is 10.2. The van der Waals surface area contributed by atoms with Crippen LogP contribution in [-0.2, 0) is 0 Å². The maximum Gasteiger partial charge on any atom is 0.345 e. The van der Waals surface area contributed by atoms with Crippen LogP contribution in [0.1, 0.15) is 26.3 Å². The van der Waals surface area contributed by atoms with Gasteiger partial charge in [-0.3, -0.25) is 4.79 Å². The Labute approximate surface area is 196 Å². The Kier molecular flexibility index (Phi) is 7.68. The van der Waals surface area contributed by atoms with Crippen LogP contribution in [0.2, 0.25) is 10.0 Å². The van der Waals surface area contributed by atoms with E-state index >= 15 is 0 Å². The van der Waals surface area contributed by atoms with Crippen LogP contribution in [0.5, 0.6) is 11.5 Å². The van der Waals surface area contributed by atoms with Crippen LogP contribution in [0.4, 0.5) is 0 Å². The molecule has 0 aromatic heterocycles. The van der Waals surface area contributed by atoms with E-state index in [4.69, 9.17) is 32.7 Å². The van der Waals surface area contributed by atoms with Crippen molar-refractivity contribution in [3.63, 3.8) is 0 Å². The largest absolute Gasteiger partial charge is 0.493 e. The zero-order chi connectivity index (χ0) is 22.4. The Morgan fingerprint density at radius 1 is 1.03 bits per heavy atom. The molecule has 0 heterocycles. The predicted octanol–water partition coefficient (Wildman–Crippen LogP) is 5.75. The van der Waals surface area contributed by atoms with Gasteiger partial charge in [0.15, 0.2) is 11.5 Å². The van der Waals surface area contributed by atoms with Gasteiger partial charge in [-0.25, -0.2) is 10.2 Å². The average Bonchev–Trinajstić information content (AvgIpc) is 2.74. The van der Waals surface area contributed by atoms with E-state index in [1.807, 2.05) is 6.07 Å². The number of benzene rings is 3. The molecule has 1 amide bonds. The van der Waals surface area contributed by atoms with Crippen molar-refractivity contribution in [3.05, 3.63) is 91.9 Å². The summed E-state index contributed by atoms with van der Waals surface area (Å²) in [7, 11) is 1.44. The summed E-state index contributed by atoms with van der Waals surface area (Å²) in [6, 6.07) is 16.2. The summed E-state index contributed by atoms with van der Waals surface area (Å²) < 4.78 is 11.5. The molecule has 3 aromatic rings. The SMILES string of the molecule is COc1cc(/C=N/NC(=O)c2cccc(Br)c2)ccc1OC(=O)c1ccc(Cl)cc1Cl. The number of carbonyl (C=O) groups excluding carboxylic acids is 2. The molecule has 0 atom stereocenters. The quantitative estimate of drug-likeness (QED) is 0.194. The average molecular weight is 522 g/mol. The molecule has 3 rings (SSSR count). The normalized spacial score (nSPS) is 10.7.